The van der Waals surface area contributed by atoms with Crippen molar-refractivity contribution in [3.05, 3.63) is 34.3 Å². The Morgan fingerprint density at radius 2 is 2.13 bits per heavy atom. The highest BCUT2D eigenvalue weighted by molar-refractivity contribution is 7.84. The molecule has 2 rings (SSSR count). The molecule has 0 heterocycles. The number of carbonyl (C=O) groups is 1. The Hall–Kier alpha value is -0.910. The zero-order chi connectivity index (χ0) is 17.3. The van der Waals surface area contributed by atoms with Crippen LogP contribution in [0.15, 0.2) is 18.2 Å². The van der Waals surface area contributed by atoms with Gasteiger partial charge in [0.2, 0.25) is 0 Å². The lowest BCUT2D eigenvalue weighted by atomic mass is 9.89. The third-order valence-electron chi connectivity index (χ3n) is 4.00. The van der Waals surface area contributed by atoms with Gasteiger partial charge in [-0.25, -0.2) is 8.93 Å². The molecule has 1 N–H and O–H groups in total. The van der Waals surface area contributed by atoms with Gasteiger partial charge >= 0.3 is 5.97 Å². The van der Waals surface area contributed by atoms with Crippen molar-refractivity contribution in [2.45, 2.75) is 57.2 Å². The summed E-state index contributed by atoms with van der Waals surface area (Å²) in [6.07, 6.45) is 1.67. The monoisotopic (exact) mass is 357 g/mol. The molecule has 0 bridgehead atoms. The minimum Gasteiger partial charge on any atom is -0.466 e. The number of nitrogens with one attached hydrogen (secondary N) is 1. The molecule has 23 heavy (non-hydrogen) atoms. The fourth-order valence-electron chi connectivity index (χ4n) is 2.81. The van der Waals surface area contributed by atoms with Crippen molar-refractivity contribution in [1.29, 1.82) is 0 Å². The summed E-state index contributed by atoms with van der Waals surface area (Å²) in [6.45, 7) is 7.83. The number of fused-ring (bicyclic) bond motifs is 1. The first-order chi connectivity index (χ1) is 10.7. The van der Waals surface area contributed by atoms with Crippen LogP contribution in [-0.4, -0.2) is 21.5 Å². The third kappa shape index (κ3) is 4.14. The molecule has 1 aliphatic carbocycles. The topological polar surface area (TPSA) is 55.4 Å². The maximum atomic E-state index is 12.7. The molecule has 1 aromatic rings. The van der Waals surface area contributed by atoms with E-state index in [2.05, 4.69) is 4.72 Å². The number of benzene rings is 1. The molecule has 0 amide bonds. The fraction of sp³-hybridized carbons (Fsp3) is 0.588. The number of hydrogen-bond donors (Lipinski definition) is 1. The summed E-state index contributed by atoms with van der Waals surface area (Å²) >= 11 is 6.16. The van der Waals surface area contributed by atoms with Crippen LogP contribution in [0, 0.1) is 0 Å². The van der Waals surface area contributed by atoms with Crippen LogP contribution in [0.5, 0.6) is 0 Å². The fourth-order valence-corrected chi connectivity index (χ4v) is 3.93. The molecule has 0 radical (unpaired) electrons. The Bertz CT molecular complexity index is 627. The quantitative estimate of drug-likeness (QED) is 0.821. The summed E-state index contributed by atoms with van der Waals surface area (Å²) in [7, 11) is -1.30. The number of hydrogen-bond acceptors (Lipinski definition) is 3. The van der Waals surface area contributed by atoms with Gasteiger partial charge in [0.05, 0.1) is 34.3 Å². The summed E-state index contributed by atoms with van der Waals surface area (Å²) < 4.78 is 20.6. The van der Waals surface area contributed by atoms with Gasteiger partial charge < -0.3 is 4.74 Å². The van der Waals surface area contributed by atoms with Crippen molar-refractivity contribution in [2.75, 3.05) is 6.61 Å². The molecule has 1 aromatic carbocycles. The lowest BCUT2D eigenvalue weighted by Crippen LogP contribution is -2.48. The number of carbonyl (C=O) groups excluding carboxylic acids is 1. The van der Waals surface area contributed by atoms with Gasteiger partial charge in [0.25, 0.3) is 0 Å². The van der Waals surface area contributed by atoms with Gasteiger partial charge in [-0.2, -0.15) is 0 Å². The second-order valence-electron chi connectivity index (χ2n) is 6.85. The van der Waals surface area contributed by atoms with E-state index in [4.69, 9.17) is 16.3 Å². The predicted octanol–water partition coefficient (Wildman–Crippen LogP) is 3.49. The molecule has 0 spiro atoms. The number of ether oxygens (including phenoxy) is 1. The molecule has 0 saturated carbocycles. The van der Waals surface area contributed by atoms with Crippen LogP contribution in [0.4, 0.5) is 0 Å². The Kier molecular flexibility index (Phi) is 5.54. The van der Waals surface area contributed by atoms with Gasteiger partial charge in [-0.3, -0.25) is 4.79 Å². The molecular weight excluding hydrogens is 334 g/mol. The minimum atomic E-state index is -1.30. The van der Waals surface area contributed by atoms with Crippen LogP contribution in [0.3, 0.4) is 0 Å². The molecule has 0 aromatic heterocycles. The second-order valence-corrected chi connectivity index (χ2v) is 9.25. The van der Waals surface area contributed by atoms with Crippen LogP contribution >= 0.6 is 11.6 Å². The molecule has 0 saturated heterocycles. The Morgan fingerprint density at radius 3 is 2.74 bits per heavy atom. The van der Waals surface area contributed by atoms with E-state index in [-0.39, 0.29) is 12.4 Å². The van der Waals surface area contributed by atoms with E-state index >= 15 is 0 Å². The summed E-state index contributed by atoms with van der Waals surface area (Å²) in [5.74, 6) is -0.293. The van der Waals surface area contributed by atoms with Gasteiger partial charge in [0.15, 0.2) is 0 Å². The molecule has 4 nitrogen and oxygen atoms in total. The molecular formula is C17H24ClNO3S. The first-order valence-electron chi connectivity index (χ1n) is 7.82. The largest absolute Gasteiger partial charge is 0.466 e. The van der Waals surface area contributed by atoms with E-state index in [0.717, 1.165) is 17.5 Å². The maximum absolute atomic E-state index is 12.7. The number of esters is 1. The van der Waals surface area contributed by atoms with Crippen LogP contribution < -0.4 is 4.72 Å². The Labute approximate surface area is 145 Å². The lowest BCUT2D eigenvalue weighted by molar-refractivity contribution is -0.144. The zero-order valence-electron chi connectivity index (χ0n) is 14.1. The van der Waals surface area contributed by atoms with Crippen LogP contribution in [0.2, 0.25) is 5.02 Å². The van der Waals surface area contributed by atoms with E-state index in [1.807, 2.05) is 39.0 Å². The SMILES string of the molecule is CCOC(=O)CC1(NS(=O)C(C)(C)C)CCc2ccc(Cl)cc21. The summed E-state index contributed by atoms with van der Waals surface area (Å²) in [5.41, 5.74) is 1.40. The predicted molar refractivity (Wildman–Crippen MR) is 93.7 cm³/mol. The van der Waals surface area contributed by atoms with E-state index in [1.54, 1.807) is 6.92 Å². The maximum Gasteiger partial charge on any atom is 0.308 e. The summed E-state index contributed by atoms with van der Waals surface area (Å²) in [5, 5.41) is 0.613. The Morgan fingerprint density at radius 1 is 1.43 bits per heavy atom. The van der Waals surface area contributed by atoms with Gasteiger partial charge in [0, 0.05) is 5.02 Å². The van der Waals surface area contributed by atoms with E-state index < -0.39 is 21.3 Å². The van der Waals surface area contributed by atoms with E-state index in [0.29, 0.717) is 18.1 Å². The molecule has 6 heteroatoms. The number of rotatable bonds is 5. The average Bonchev–Trinajstić information content (AvgIpc) is 2.76. The minimum absolute atomic E-state index is 0.149. The van der Waals surface area contributed by atoms with Crippen LogP contribution in [-0.2, 0) is 32.5 Å². The average molecular weight is 358 g/mol. The van der Waals surface area contributed by atoms with Crippen molar-refractivity contribution in [2.24, 2.45) is 0 Å². The number of halogens is 1. The van der Waals surface area contributed by atoms with Gasteiger partial charge in [-0.1, -0.05) is 17.7 Å². The molecule has 0 aliphatic heterocycles. The molecule has 2 atom stereocenters. The van der Waals surface area contributed by atoms with Crippen molar-refractivity contribution < 1.29 is 13.7 Å². The first-order valence-corrected chi connectivity index (χ1v) is 9.35. The Balaban J connectivity index is 2.40. The van der Waals surface area contributed by atoms with E-state index in [9.17, 15) is 9.00 Å². The molecule has 128 valence electrons. The highest BCUT2D eigenvalue weighted by Gasteiger charge is 2.43. The van der Waals surface area contributed by atoms with Crippen LogP contribution in [0.1, 0.15) is 51.7 Å². The molecule has 2 unspecified atom stereocenters. The van der Waals surface area contributed by atoms with Crippen molar-refractivity contribution in [3.63, 3.8) is 0 Å². The standard InChI is InChI=1S/C17H24ClNO3S/c1-5-22-15(20)11-17(19-23(21)16(2,3)4)9-8-12-6-7-13(18)10-14(12)17/h6-7,10,19H,5,8-9,11H2,1-4H3. The highest BCUT2D eigenvalue weighted by Crippen LogP contribution is 2.42. The molecule has 0 fully saturated rings. The van der Waals surface area contributed by atoms with Gasteiger partial charge in [0.1, 0.15) is 0 Å². The normalized spacial score (nSPS) is 21.8. The van der Waals surface area contributed by atoms with Crippen molar-refractivity contribution in [3.8, 4) is 0 Å². The van der Waals surface area contributed by atoms with Gasteiger partial charge in [-0.05, 0) is 63.8 Å². The summed E-state index contributed by atoms with van der Waals surface area (Å²) in [6, 6.07) is 5.70. The van der Waals surface area contributed by atoms with Crippen molar-refractivity contribution >= 4 is 28.6 Å². The first kappa shape index (κ1) is 18.4. The molecule has 1 aliphatic rings. The van der Waals surface area contributed by atoms with E-state index in [1.165, 1.54) is 0 Å². The number of aryl methyl sites for hydroxylation is 1. The highest BCUT2D eigenvalue weighted by atomic mass is 35.5. The smallest absolute Gasteiger partial charge is 0.308 e. The van der Waals surface area contributed by atoms with Crippen LogP contribution in [0.25, 0.3) is 0 Å². The third-order valence-corrected chi connectivity index (χ3v) is 5.93. The van der Waals surface area contributed by atoms with Crippen molar-refractivity contribution in [1.82, 2.24) is 4.72 Å². The summed E-state index contributed by atoms with van der Waals surface area (Å²) in [4.78, 5) is 12.1. The van der Waals surface area contributed by atoms with Gasteiger partial charge in [-0.15, -0.1) is 0 Å². The second kappa shape index (κ2) is 6.91. The zero-order valence-corrected chi connectivity index (χ0v) is 15.6. The lowest BCUT2D eigenvalue weighted by Gasteiger charge is -2.33.